The summed E-state index contributed by atoms with van der Waals surface area (Å²) < 4.78 is 36.9. The van der Waals surface area contributed by atoms with Gasteiger partial charge in [-0.3, -0.25) is 0 Å². The number of benzene rings is 6. The lowest BCUT2D eigenvalue weighted by Gasteiger charge is -2.23. The fraction of sp³-hybridized carbons (Fsp3) is 0.200. The number of rotatable bonds is 6. The SMILES string of the molecule is OB(O)c1c2ccc3c1Cc1ccc4c(B(O)O)c1Cc1ccc(c(B(O)O)c1C3)OCOc1ccc3c(c1B(O)O)Cc1ccc(c(B(O)O)c1Cc1ccc(c(B(O)O)c1C3)OCO4)OCO2. The van der Waals surface area contributed by atoms with E-state index in [4.69, 9.17) is 28.4 Å². The molecule has 18 rings (SSSR count). The number of ether oxygens (including phenoxy) is 6. The van der Waals surface area contributed by atoms with E-state index in [1.54, 1.807) is 36.4 Å². The molecule has 12 aliphatic rings. The third-order valence-corrected chi connectivity index (χ3v) is 13.5. The molecule has 0 saturated heterocycles. The Kier molecular flexibility index (Phi) is 12.7. The van der Waals surface area contributed by atoms with Crippen molar-refractivity contribution in [2.24, 2.45) is 0 Å². The Bertz CT molecular complexity index is 2490. The van der Waals surface area contributed by atoms with Crippen molar-refractivity contribution >= 4 is 75.5 Å². The first kappa shape index (κ1) is 46.7. The van der Waals surface area contributed by atoms with E-state index >= 15 is 0 Å². The first-order valence-corrected chi connectivity index (χ1v) is 22.0. The van der Waals surface area contributed by atoms with Crippen molar-refractivity contribution in [3.05, 3.63) is 140 Å². The molecule has 0 amide bonds. The molecule has 348 valence electrons. The number of hydrogen-bond acceptors (Lipinski definition) is 18. The second-order valence-electron chi connectivity index (χ2n) is 17.2. The molecular formula is C45H42B6O18. The van der Waals surface area contributed by atoms with Crippen LogP contribution in [0.2, 0.25) is 0 Å². The minimum absolute atomic E-state index is 0.0404. The van der Waals surface area contributed by atoms with Gasteiger partial charge in [0.05, 0.1) is 0 Å². The summed E-state index contributed by atoms with van der Waals surface area (Å²) in [6.07, 6.45) is -0.377. The molecule has 0 aromatic heterocycles. The Morgan fingerprint density at radius 2 is 0.377 bits per heavy atom. The highest BCUT2D eigenvalue weighted by molar-refractivity contribution is 6.63. The highest BCUT2D eigenvalue weighted by Gasteiger charge is 2.36. The molecule has 24 heteroatoms. The quantitative estimate of drug-likeness (QED) is 0.0694. The van der Waals surface area contributed by atoms with E-state index in [1.807, 2.05) is 0 Å². The highest BCUT2D eigenvalue weighted by Crippen LogP contribution is 2.34. The first-order chi connectivity index (χ1) is 33.2. The van der Waals surface area contributed by atoms with Crippen molar-refractivity contribution in [1.82, 2.24) is 0 Å². The smallest absolute Gasteiger partial charge is 0.458 e. The largest absolute Gasteiger partial charge is 0.492 e. The van der Waals surface area contributed by atoms with Gasteiger partial charge < -0.3 is 88.7 Å². The molecule has 10 heterocycles. The van der Waals surface area contributed by atoms with Gasteiger partial charge in [-0.25, -0.2) is 0 Å². The Morgan fingerprint density at radius 1 is 0.232 bits per heavy atom. The van der Waals surface area contributed by atoms with Gasteiger partial charge in [-0.1, -0.05) is 36.4 Å². The van der Waals surface area contributed by atoms with Crippen LogP contribution in [0.25, 0.3) is 0 Å². The van der Waals surface area contributed by atoms with Crippen LogP contribution in [-0.2, 0) is 38.5 Å². The second-order valence-corrected chi connectivity index (χ2v) is 17.2. The van der Waals surface area contributed by atoms with Gasteiger partial charge in [0.15, 0.2) is 0 Å². The maximum Gasteiger partial charge on any atom is 0.492 e. The monoisotopic (exact) mass is 936 g/mol. The van der Waals surface area contributed by atoms with Gasteiger partial charge in [0.2, 0.25) is 20.4 Å². The van der Waals surface area contributed by atoms with Crippen LogP contribution in [0.1, 0.15) is 66.8 Å². The summed E-state index contributed by atoms with van der Waals surface area (Å²) in [5.41, 5.74) is 4.23. The molecule has 18 nitrogen and oxygen atoms in total. The zero-order valence-corrected chi connectivity index (χ0v) is 36.6. The molecule has 0 atom stereocenters. The Balaban J connectivity index is 1.31. The molecule has 69 heavy (non-hydrogen) atoms. The Hall–Kier alpha value is -5.97. The van der Waals surface area contributed by atoms with Crippen LogP contribution in [0.4, 0.5) is 0 Å². The van der Waals surface area contributed by atoms with Crippen LogP contribution in [0.5, 0.6) is 34.5 Å². The predicted molar refractivity (Wildman–Crippen MR) is 253 cm³/mol. The lowest BCUT2D eigenvalue weighted by atomic mass is 9.70. The fourth-order valence-corrected chi connectivity index (χ4v) is 10.4. The molecule has 6 aromatic rings. The van der Waals surface area contributed by atoms with Gasteiger partial charge in [-0.2, -0.15) is 0 Å². The zero-order valence-electron chi connectivity index (χ0n) is 36.6. The molecule has 0 radical (unpaired) electrons. The van der Waals surface area contributed by atoms with Gasteiger partial charge >= 0.3 is 42.7 Å². The van der Waals surface area contributed by atoms with Crippen molar-refractivity contribution in [2.75, 3.05) is 20.4 Å². The highest BCUT2D eigenvalue weighted by atomic mass is 16.7. The standard InChI is InChI=1S/C45H42B6O18/c52-46(53)40-28-14-23-2-8-37-42(48(56)57)30(23)15-24-3-9-35-41(47(54)55)29(24)13-22(28)1-7-34(40)64-19-65-36-10-4-25-17-32-27(5-11-38(67-20-66-35)44(32)50(60)61)18-33-26(16-31(25)43(36)49(58)59)6-12-39(69-21-68-37)45(33)51(62)63/h1-12,52-63H,13-21H2. The molecule has 6 aromatic carbocycles. The first-order valence-electron chi connectivity index (χ1n) is 22.0. The molecule has 10 aliphatic heterocycles. The van der Waals surface area contributed by atoms with Crippen molar-refractivity contribution in [3.8, 4) is 34.5 Å². The minimum Gasteiger partial charge on any atom is -0.458 e. The van der Waals surface area contributed by atoms with Crippen LogP contribution < -0.4 is 61.2 Å². The minimum atomic E-state index is -2.16. The van der Waals surface area contributed by atoms with Gasteiger partial charge in [0, 0.05) is 32.8 Å². The fourth-order valence-electron chi connectivity index (χ4n) is 10.4. The van der Waals surface area contributed by atoms with E-state index < -0.39 is 63.1 Å². The van der Waals surface area contributed by atoms with Crippen molar-refractivity contribution in [1.29, 1.82) is 0 Å². The summed E-state index contributed by atoms with van der Waals surface area (Å²) in [6, 6.07) is 18.9. The van der Waals surface area contributed by atoms with E-state index in [9.17, 15) is 60.3 Å². The predicted octanol–water partition coefficient (Wildman–Crippen LogP) is -5.19. The van der Waals surface area contributed by atoms with Gasteiger partial charge in [0.1, 0.15) is 34.5 Å². The third-order valence-electron chi connectivity index (χ3n) is 13.5. The van der Waals surface area contributed by atoms with Crippen LogP contribution in [0.15, 0.2) is 72.8 Å². The molecule has 2 aliphatic carbocycles. The average molecular weight is 936 g/mol. The molecule has 12 N–H and O–H groups in total. The van der Waals surface area contributed by atoms with Crippen LogP contribution in [0, 0.1) is 0 Å². The Labute approximate surface area is 396 Å². The summed E-state index contributed by atoms with van der Waals surface area (Å²) in [4.78, 5) is 0. The maximum atomic E-state index is 11.2. The molecule has 0 spiro atoms. The molecule has 0 saturated carbocycles. The van der Waals surface area contributed by atoms with E-state index in [0.29, 0.717) is 66.8 Å². The zero-order chi connectivity index (χ0) is 48.4. The van der Waals surface area contributed by atoms with Crippen LogP contribution >= 0.6 is 0 Å². The maximum absolute atomic E-state index is 11.2. The van der Waals surface area contributed by atoms with E-state index in [2.05, 4.69) is 0 Å². The summed E-state index contributed by atoms with van der Waals surface area (Å²) in [7, 11) is -12.9. The average Bonchev–Trinajstić information content (AvgIpc) is 3.40. The van der Waals surface area contributed by atoms with E-state index in [-0.39, 0.29) is 106 Å². The van der Waals surface area contributed by atoms with E-state index in [0.717, 1.165) is 0 Å². The summed E-state index contributed by atoms with van der Waals surface area (Å²) in [5, 5.41) is 134. The van der Waals surface area contributed by atoms with Crippen molar-refractivity contribution in [3.63, 3.8) is 0 Å². The lowest BCUT2D eigenvalue weighted by Crippen LogP contribution is -2.39. The molecule has 18 bridgehead atoms. The van der Waals surface area contributed by atoms with Gasteiger partial charge in [0.25, 0.3) is 0 Å². The van der Waals surface area contributed by atoms with Crippen molar-refractivity contribution in [2.45, 2.75) is 38.5 Å². The van der Waals surface area contributed by atoms with Crippen LogP contribution in [0.3, 0.4) is 0 Å². The molecule has 0 unspecified atom stereocenters. The summed E-state index contributed by atoms with van der Waals surface area (Å²) in [6.45, 7) is -1.83. The third kappa shape index (κ3) is 8.51. The topological polar surface area (TPSA) is 298 Å². The molecular weight excluding hydrogens is 893 g/mol. The van der Waals surface area contributed by atoms with Crippen molar-refractivity contribution < 1.29 is 88.7 Å². The molecule has 0 fully saturated rings. The summed E-state index contributed by atoms with van der Waals surface area (Å²) >= 11 is 0. The second kappa shape index (κ2) is 18.7. The summed E-state index contributed by atoms with van der Waals surface area (Å²) in [5.74, 6) is -0.242. The van der Waals surface area contributed by atoms with Crippen LogP contribution in [-0.4, -0.2) is 123 Å². The number of hydrogen-bond donors (Lipinski definition) is 12. The normalized spacial score (nSPS) is 14.3. The van der Waals surface area contributed by atoms with E-state index in [1.165, 1.54) is 36.4 Å². The van der Waals surface area contributed by atoms with Gasteiger partial charge in [-0.15, -0.1) is 0 Å². The van der Waals surface area contributed by atoms with Gasteiger partial charge in [-0.05, 0) is 142 Å². The Morgan fingerprint density at radius 3 is 0.507 bits per heavy atom. The lowest BCUT2D eigenvalue weighted by molar-refractivity contribution is 0.121.